The zero-order valence-electron chi connectivity index (χ0n) is 5.91. The van der Waals surface area contributed by atoms with E-state index in [0.29, 0.717) is 6.42 Å². The lowest BCUT2D eigenvalue weighted by Crippen LogP contribution is -2.19. The Morgan fingerprint density at radius 1 is 1.70 bits per heavy atom. The summed E-state index contributed by atoms with van der Waals surface area (Å²) in [4.78, 5) is 10.8. The van der Waals surface area contributed by atoms with Gasteiger partial charge >= 0.3 is 5.97 Å². The summed E-state index contributed by atoms with van der Waals surface area (Å²) in [6.07, 6.45) is 4.32. The molecule has 3 nitrogen and oxygen atoms in total. The minimum absolute atomic E-state index is 0.0316. The molecular weight excluding hydrogens is 130 g/mol. The van der Waals surface area contributed by atoms with E-state index >= 15 is 0 Å². The maximum absolute atomic E-state index is 10.8. The number of hydrogen-bond acceptors (Lipinski definition) is 3. The molecule has 2 atom stereocenters. The van der Waals surface area contributed by atoms with Gasteiger partial charge < -0.3 is 10.5 Å². The van der Waals surface area contributed by atoms with Crippen molar-refractivity contribution < 1.29 is 9.53 Å². The number of rotatable bonds is 1. The van der Waals surface area contributed by atoms with Crippen molar-refractivity contribution in [3.05, 3.63) is 12.2 Å². The highest BCUT2D eigenvalue weighted by Crippen LogP contribution is 2.16. The van der Waals surface area contributed by atoms with Crippen molar-refractivity contribution in [2.75, 3.05) is 7.11 Å². The third-order valence-electron chi connectivity index (χ3n) is 1.62. The molecule has 0 aromatic heterocycles. The van der Waals surface area contributed by atoms with Crippen LogP contribution < -0.4 is 5.73 Å². The standard InChI is InChI=1S/C7H11NO2/c1-10-7(9)5-2-3-6(8)4-5/h2-3,5-6H,4,8H2,1H3/t5?,6-/m1/s1. The van der Waals surface area contributed by atoms with Crippen molar-refractivity contribution in [3.8, 4) is 0 Å². The number of carbonyl (C=O) groups is 1. The summed E-state index contributed by atoms with van der Waals surface area (Å²) >= 11 is 0. The van der Waals surface area contributed by atoms with E-state index in [1.54, 1.807) is 6.08 Å². The first kappa shape index (κ1) is 7.28. The van der Waals surface area contributed by atoms with E-state index in [4.69, 9.17) is 5.73 Å². The highest BCUT2D eigenvalue weighted by atomic mass is 16.5. The average molecular weight is 141 g/mol. The number of esters is 1. The zero-order chi connectivity index (χ0) is 7.56. The Balaban J connectivity index is 2.46. The number of methoxy groups -OCH3 is 1. The largest absolute Gasteiger partial charge is 0.469 e. The summed E-state index contributed by atoms with van der Waals surface area (Å²) in [5, 5.41) is 0. The van der Waals surface area contributed by atoms with Gasteiger partial charge in [-0.2, -0.15) is 0 Å². The number of carbonyl (C=O) groups excluding carboxylic acids is 1. The minimum atomic E-state index is -0.191. The third-order valence-corrected chi connectivity index (χ3v) is 1.62. The van der Waals surface area contributed by atoms with Crippen LogP contribution in [0.1, 0.15) is 6.42 Å². The Kier molecular flexibility index (Phi) is 2.06. The lowest BCUT2D eigenvalue weighted by molar-refractivity contribution is -0.143. The number of nitrogens with two attached hydrogens (primary N) is 1. The molecule has 0 aliphatic heterocycles. The predicted molar refractivity (Wildman–Crippen MR) is 37.2 cm³/mol. The predicted octanol–water partition coefficient (Wildman–Crippen LogP) is 0.0628. The molecule has 0 heterocycles. The smallest absolute Gasteiger partial charge is 0.312 e. The van der Waals surface area contributed by atoms with Crippen molar-refractivity contribution in [2.24, 2.45) is 11.7 Å². The normalized spacial score (nSPS) is 30.6. The van der Waals surface area contributed by atoms with Gasteiger partial charge in [0.05, 0.1) is 13.0 Å². The fourth-order valence-corrected chi connectivity index (χ4v) is 1.05. The van der Waals surface area contributed by atoms with E-state index in [0.717, 1.165) is 0 Å². The quantitative estimate of drug-likeness (QED) is 0.415. The summed E-state index contributed by atoms with van der Waals surface area (Å²) < 4.78 is 4.54. The van der Waals surface area contributed by atoms with Crippen LogP contribution >= 0.6 is 0 Å². The molecule has 10 heavy (non-hydrogen) atoms. The first-order valence-electron chi connectivity index (χ1n) is 3.26. The van der Waals surface area contributed by atoms with Gasteiger partial charge in [-0.3, -0.25) is 4.79 Å². The Morgan fingerprint density at radius 3 is 2.80 bits per heavy atom. The lowest BCUT2D eigenvalue weighted by atomic mass is 10.1. The van der Waals surface area contributed by atoms with E-state index in [2.05, 4.69) is 4.74 Å². The zero-order valence-corrected chi connectivity index (χ0v) is 5.91. The molecule has 0 fully saturated rings. The van der Waals surface area contributed by atoms with Crippen LogP contribution in [-0.4, -0.2) is 19.1 Å². The van der Waals surface area contributed by atoms with E-state index in [1.165, 1.54) is 7.11 Å². The number of ether oxygens (including phenoxy) is 1. The number of hydrogen-bond donors (Lipinski definition) is 1. The molecule has 0 aromatic rings. The molecule has 56 valence electrons. The van der Waals surface area contributed by atoms with Gasteiger partial charge in [0.15, 0.2) is 0 Å². The van der Waals surface area contributed by atoms with Crippen LogP contribution in [0.5, 0.6) is 0 Å². The molecule has 0 saturated heterocycles. The van der Waals surface area contributed by atoms with Crippen LogP contribution in [0, 0.1) is 5.92 Å². The van der Waals surface area contributed by atoms with Crippen molar-refractivity contribution in [1.29, 1.82) is 0 Å². The lowest BCUT2D eigenvalue weighted by Gasteiger charge is -2.04. The Labute approximate surface area is 59.8 Å². The molecule has 1 aliphatic carbocycles. The second kappa shape index (κ2) is 2.84. The molecule has 0 saturated carbocycles. The van der Waals surface area contributed by atoms with Gasteiger partial charge in [-0.05, 0) is 6.42 Å². The summed E-state index contributed by atoms with van der Waals surface area (Å²) in [5.74, 6) is -0.302. The summed E-state index contributed by atoms with van der Waals surface area (Å²) in [7, 11) is 1.39. The van der Waals surface area contributed by atoms with Gasteiger partial charge in [0.1, 0.15) is 0 Å². The molecule has 0 bridgehead atoms. The molecule has 1 unspecified atom stereocenters. The molecule has 0 amide bonds. The SMILES string of the molecule is COC(=O)C1C=C[C@@H](N)C1. The van der Waals surface area contributed by atoms with Crippen LogP contribution in [0.15, 0.2) is 12.2 Å². The van der Waals surface area contributed by atoms with E-state index in [9.17, 15) is 4.79 Å². The second-order valence-electron chi connectivity index (χ2n) is 2.41. The maximum Gasteiger partial charge on any atom is 0.312 e. The van der Waals surface area contributed by atoms with Gasteiger partial charge in [-0.1, -0.05) is 12.2 Å². The van der Waals surface area contributed by atoms with Crippen molar-refractivity contribution in [3.63, 3.8) is 0 Å². The van der Waals surface area contributed by atoms with Gasteiger partial charge in [-0.25, -0.2) is 0 Å². The van der Waals surface area contributed by atoms with Gasteiger partial charge in [0.25, 0.3) is 0 Å². The topological polar surface area (TPSA) is 52.3 Å². The fourth-order valence-electron chi connectivity index (χ4n) is 1.05. The molecule has 1 rings (SSSR count). The minimum Gasteiger partial charge on any atom is -0.469 e. The van der Waals surface area contributed by atoms with E-state index < -0.39 is 0 Å². The van der Waals surface area contributed by atoms with Crippen LogP contribution in [-0.2, 0) is 9.53 Å². The highest BCUT2D eigenvalue weighted by molar-refractivity contribution is 5.75. The Bertz CT molecular complexity index is 165. The average Bonchev–Trinajstić information content (AvgIpc) is 2.34. The summed E-state index contributed by atoms with van der Waals surface area (Å²) in [6, 6.07) is 0.0316. The van der Waals surface area contributed by atoms with Crippen molar-refractivity contribution in [1.82, 2.24) is 0 Å². The second-order valence-corrected chi connectivity index (χ2v) is 2.41. The van der Waals surface area contributed by atoms with Gasteiger partial charge in [0, 0.05) is 6.04 Å². The Morgan fingerprint density at radius 2 is 2.40 bits per heavy atom. The molecule has 0 spiro atoms. The molecule has 0 aromatic carbocycles. The van der Waals surface area contributed by atoms with Gasteiger partial charge in [0.2, 0.25) is 0 Å². The molecular formula is C7H11NO2. The van der Waals surface area contributed by atoms with Crippen molar-refractivity contribution in [2.45, 2.75) is 12.5 Å². The summed E-state index contributed by atoms with van der Waals surface area (Å²) in [5.41, 5.74) is 5.52. The summed E-state index contributed by atoms with van der Waals surface area (Å²) in [6.45, 7) is 0. The van der Waals surface area contributed by atoms with E-state index in [1.807, 2.05) is 6.08 Å². The van der Waals surface area contributed by atoms with Crippen molar-refractivity contribution >= 4 is 5.97 Å². The highest BCUT2D eigenvalue weighted by Gasteiger charge is 2.22. The maximum atomic E-state index is 10.8. The van der Waals surface area contributed by atoms with Crippen LogP contribution in [0.3, 0.4) is 0 Å². The molecule has 3 heteroatoms. The monoisotopic (exact) mass is 141 g/mol. The fraction of sp³-hybridized carbons (Fsp3) is 0.571. The molecule has 1 aliphatic rings. The van der Waals surface area contributed by atoms with Crippen LogP contribution in [0.4, 0.5) is 0 Å². The molecule has 2 N–H and O–H groups in total. The van der Waals surface area contributed by atoms with Crippen LogP contribution in [0.25, 0.3) is 0 Å². The Hall–Kier alpha value is -0.830. The van der Waals surface area contributed by atoms with Gasteiger partial charge in [-0.15, -0.1) is 0 Å². The van der Waals surface area contributed by atoms with Crippen LogP contribution in [0.2, 0.25) is 0 Å². The first-order valence-corrected chi connectivity index (χ1v) is 3.26. The third kappa shape index (κ3) is 1.36. The molecule has 0 radical (unpaired) electrons. The van der Waals surface area contributed by atoms with E-state index in [-0.39, 0.29) is 17.9 Å². The first-order chi connectivity index (χ1) is 4.74.